The van der Waals surface area contributed by atoms with Crippen molar-refractivity contribution < 1.29 is 0 Å². The maximum Gasteiger partial charge on any atom is 0.0946 e. The summed E-state index contributed by atoms with van der Waals surface area (Å²) in [5.74, 6) is 0. The first-order valence-corrected chi connectivity index (χ1v) is 6.30. The number of imidazole rings is 1. The number of aryl methyl sites for hydroxylation is 1. The van der Waals surface area contributed by atoms with Gasteiger partial charge in [0, 0.05) is 25.8 Å². The molecule has 18 heavy (non-hydrogen) atoms. The molecule has 0 radical (unpaired) electrons. The van der Waals surface area contributed by atoms with Crippen molar-refractivity contribution in [3.05, 3.63) is 42.5 Å². The first-order valence-electron chi connectivity index (χ1n) is 6.30. The van der Waals surface area contributed by atoms with Crippen molar-refractivity contribution in [2.24, 2.45) is 7.05 Å². The highest BCUT2D eigenvalue weighted by Gasteiger charge is 2.22. The molecular weight excluding hydrogens is 224 g/mol. The van der Waals surface area contributed by atoms with Gasteiger partial charge in [-0.3, -0.25) is 0 Å². The number of aromatic nitrogens is 2. The molecule has 1 N–H and O–H groups in total. The summed E-state index contributed by atoms with van der Waals surface area (Å²) in [5.41, 5.74) is 3.73. The molecule has 4 heteroatoms. The number of hydrogen-bond acceptors (Lipinski definition) is 3. The Morgan fingerprint density at radius 3 is 3.00 bits per heavy atom. The average Bonchev–Trinajstić information content (AvgIpc) is 2.79. The Kier molecular flexibility index (Phi) is 2.70. The number of nitrogens with one attached hydrogen (secondary N) is 1. The molecule has 0 amide bonds. The van der Waals surface area contributed by atoms with Crippen molar-refractivity contribution >= 4 is 11.4 Å². The van der Waals surface area contributed by atoms with Crippen LogP contribution in [0.1, 0.15) is 12.6 Å². The van der Waals surface area contributed by atoms with Gasteiger partial charge in [0.25, 0.3) is 0 Å². The Bertz CT molecular complexity index is 546. The fraction of sp³-hybridized carbons (Fsp3) is 0.357. The summed E-state index contributed by atoms with van der Waals surface area (Å²) >= 11 is 0. The number of anilines is 2. The van der Waals surface area contributed by atoms with Crippen LogP contribution >= 0.6 is 0 Å². The molecule has 1 aromatic carbocycles. The number of hydrogen-bond donors (Lipinski definition) is 1. The van der Waals surface area contributed by atoms with Gasteiger partial charge in [0.1, 0.15) is 0 Å². The number of benzene rings is 1. The summed E-state index contributed by atoms with van der Waals surface area (Å²) in [5, 5.41) is 3.47. The Morgan fingerprint density at radius 2 is 2.22 bits per heavy atom. The molecule has 1 aliphatic rings. The fourth-order valence-corrected chi connectivity index (χ4v) is 2.43. The lowest BCUT2D eigenvalue weighted by molar-refractivity contribution is 0.623. The van der Waals surface area contributed by atoms with Gasteiger partial charge in [-0.25, -0.2) is 4.98 Å². The second-order valence-corrected chi connectivity index (χ2v) is 4.87. The third kappa shape index (κ3) is 1.83. The van der Waals surface area contributed by atoms with Crippen LogP contribution in [0.3, 0.4) is 0 Å². The third-order valence-corrected chi connectivity index (χ3v) is 3.58. The molecule has 0 bridgehead atoms. The largest absolute Gasteiger partial charge is 0.381 e. The van der Waals surface area contributed by atoms with Gasteiger partial charge in [-0.2, -0.15) is 0 Å². The van der Waals surface area contributed by atoms with E-state index in [0.29, 0.717) is 6.04 Å². The van der Waals surface area contributed by atoms with Crippen LogP contribution in [0.4, 0.5) is 11.4 Å². The molecule has 0 aliphatic carbocycles. The zero-order chi connectivity index (χ0) is 12.5. The molecule has 4 nitrogen and oxygen atoms in total. The van der Waals surface area contributed by atoms with Crippen molar-refractivity contribution in [2.45, 2.75) is 19.5 Å². The third-order valence-electron chi connectivity index (χ3n) is 3.58. The summed E-state index contributed by atoms with van der Waals surface area (Å²) in [7, 11) is 2.04. The standard InChI is InChI=1S/C14H18N4/c1-11-7-16-13-5-3-4-6-14(13)18(11)9-12-8-15-10-17(12)2/h3-6,8,10-11,16H,7,9H2,1-2H3. The smallest absolute Gasteiger partial charge is 0.0946 e. The minimum Gasteiger partial charge on any atom is -0.381 e. The van der Waals surface area contributed by atoms with Gasteiger partial charge in [-0.1, -0.05) is 12.1 Å². The maximum atomic E-state index is 4.19. The van der Waals surface area contributed by atoms with E-state index < -0.39 is 0 Å². The van der Waals surface area contributed by atoms with Crippen molar-refractivity contribution in [3.63, 3.8) is 0 Å². The van der Waals surface area contributed by atoms with Crippen LogP contribution in [0.25, 0.3) is 0 Å². The maximum absolute atomic E-state index is 4.19. The molecule has 1 atom stereocenters. The second-order valence-electron chi connectivity index (χ2n) is 4.87. The summed E-state index contributed by atoms with van der Waals surface area (Å²) in [6.07, 6.45) is 3.80. The lowest BCUT2D eigenvalue weighted by Crippen LogP contribution is -2.41. The molecule has 2 heterocycles. The van der Waals surface area contributed by atoms with Crippen molar-refractivity contribution in [2.75, 3.05) is 16.8 Å². The monoisotopic (exact) mass is 242 g/mol. The lowest BCUT2D eigenvalue weighted by atomic mass is 10.1. The predicted molar refractivity (Wildman–Crippen MR) is 73.8 cm³/mol. The average molecular weight is 242 g/mol. The van der Waals surface area contributed by atoms with Gasteiger partial charge < -0.3 is 14.8 Å². The summed E-state index contributed by atoms with van der Waals surface area (Å²) in [6.45, 7) is 4.13. The summed E-state index contributed by atoms with van der Waals surface area (Å²) in [6, 6.07) is 8.96. The molecule has 1 unspecified atom stereocenters. The number of para-hydroxylation sites is 2. The van der Waals surface area contributed by atoms with Crippen molar-refractivity contribution in [3.8, 4) is 0 Å². The van der Waals surface area contributed by atoms with E-state index in [0.717, 1.165) is 13.1 Å². The van der Waals surface area contributed by atoms with Crippen LogP contribution in [-0.4, -0.2) is 22.1 Å². The van der Waals surface area contributed by atoms with Gasteiger partial charge in [-0.05, 0) is 19.1 Å². The SMILES string of the molecule is CC1CNc2ccccc2N1Cc1cncn1C. The molecule has 0 spiro atoms. The van der Waals surface area contributed by atoms with Gasteiger partial charge in [-0.15, -0.1) is 0 Å². The fourth-order valence-electron chi connectivity index (χ4n) is 2.43. The normalized spacial score (nSPS) is 18.3. The minimum absolute atomic E-state index is 0.481. The van der Waals surface area contributed by atoms with E-state index in [1.807, 2.05) is 19.6 Å². The molecule has 1 aliphatic heterocycles. The molecule has 1 aromatic heterocycles. The highest BCUT2D eigenvalue weighted by molar-refractivity contribution is 5.72. The van der Waals surface area contributed by atoms with E-state index in [9.17, 15) is 0 Å². The highest BCUT2D eigenvalue weighted by atomic mass is 15.2. The van der Waals surface area contributed by atoms with Crippen LogP contribution < -0.4 is 10.2 Å². The van der Waals surface area contributed by atoms with E-state index in [1.54, 1.807) is 0 Å². The Hall–Kier alpha value is -1.97. The second kappa shape index (κ2) is 4.37. The zero-order valence-electron chi connectivity index (χ0n) is 10.8. The number of nitrogens with zero attached hydrogens (tertiary/aromatic N) is 3. The molecular formula is C14H18N4. The zero-order valence-corrected chi connectivity index (χ0v) is 10.8. The van der Waals surface area contributed by atoms with Crippen LogP contribution in [0.15, 0.2) is 36.8 Å². The highest BCUT2D eigenvalue weighted by Crippen LogP contribution is 2.32. The lowest BCUT2D eigenvalue weighted by Gasteiger charge is -2.37. The number of rotatable bonds is 2. The first kappa shape index (κ1) is 11.1. The van der Waals surface area contributed by atoms with Gasteiger partial charge in [0.15, 0.2) is 0 Å². The van der Waals surface area contributed by atoms with E-state index in [1.165, 1.54) is 17.1 Å². The van der Waals surface area contributed by atoms with E-state index in [4.69, 9.17) is 0 Å². The van der Waals surface area contributed by atoms with E-state index in [-0.39, 0.29) is 0 Å². The molecule has 94 valence electrons. The summed E-state index contributed by atoms with van der Waals surface area (Å²) < 4.78 is 2.08. The Labute approximate surface area is 107 Å². The van der Waals surface area contributed by atoms with Crippen molar-refractivity contribution in [1.82, 2.24) is 9.55 Å². The minimum atomic E-state index is 0.481. The summed E-state index contributed by atoms with van der Waals surface area (Å²) in [4.78, 5) is 6.62. The Morgan fingerprint density at radius 1 is 1.39 bits per heavy atom. The topological polar surface area (TPSA) is 33.1 Å². The Balaban J connectivity index is 1.93. The van der Waals surface area contributed by atoms with Crippen molar-refractivity contribution in [1.29, 1.82) is 0 Å². The van der Waals surface area contributed by atoms with Gasteiger partial charge in [0.05, 0.1) is 29.9 Å². The molecule has 0 saturated heterocycles. The van der Waals surface area contributed by atoms with Crippen LogP contribution in [0.5, 0.6) is 0 Å². The predicted octanol–water partition coefficient (Wildman–Crippen LogP) is 2.24. The van der Waals surface area contributed by atoms with E-state index >= 15 is 0 Å². The van der Waals surface area contributed by atoms with Gasteiger partial charge >= 0.3 is 0 Å². The van der Waals surface area contributed by atoms with Crippen LogP contribution in [0.2, 0.25) is 0 Å². The van der Waals surface area contributed by atoms with Gasteiger partial charge in [0.2, 0.25) is 0 Å². The molecule has 3 rings (SSSR count). The van der Waals surface area contributed by atoms with Crippen LogP contribution in [-0.2, 0) is 13.6 Å². The first-order chi connectivity index (χ1) is 8.75. The quantitative estimate of drug-likeness (QED) is 0.876. The van der Waals surface area contributed by atoms with E-state index in [2.05, 4.69) is 51.0 Å². The van der Waals surface area contributed by atoms with Crippen LogP contribution in [0, 0.1) is 0 Å². The molecule has 2 aromatic rings. The molecule has 0 saturated carbocycles. The number of fused-ring (bicyclic) bond motifs is 1. The molecule has 0 fully saturated rings.